The lowest BCUT2D eigenvalue weighted by Gasteiger charge is -2.28. The maximum atomic E-state index is 13.7. The van der Waals surface area contributed by atoms with Crippen LogP contribution >= 0.6 is 0 Å². The summed E-state index contributed by atoms with van der Waals surface area (Å²) >= 11 is 0. The molecule has 0 radical (unpaired) electrons. The van der Waals surface area contributed by atoms with Gasteiger partial charge in [-0.2, -0.15) is 13.2 Å². The van der Waals surface area contributed by atoms with Crippen molar-refractivity contribution in [3.8, 4) is 5.69 Å². The van der Waals surface area contributed by atoms with Gasteiger partial charge in [0.25, 0.3) is 17.4 Å². The summed E-state index contributed by atoms with van der Waals surface area (Å²) in [5, 5.41) is 2.58. The number of rotatable bonds is 6. The fraction of sp³-hybridized carbons (Fsp3) is 0.276. The van der Waals surface area contributed by atoms with Crippen LogP contribution in [0.2, 0.25) is 0 Å². The first-order chi connectivity index (χ1) is 19.1. The lowest BCUT2D eigenvalue weighted by Crippen LogP contribution is -2.41. The number of halogens is 3. The van der Waals surface area contributed by atoms with Crippen molar-refractivity contribution < 1.29 is 31.2 Å². The number of alkyl halides is 3. The maximum Gasteiger partial charge on any atom is 0.416 e. The molecule has 0 fully saturated rings. The number of pyridine rings is 1. The second-order valence-electron chi connectivity index (χ2n) is 9.92. The Morgan fingerprint density at radius 2 is 1.56 bits per heavy atom. The van der Waals surface area contributed by atoms with Crippen molar-refractivity contribution in [2.45, 2.75) is 50.5 Å². The number of nitrogens with zero attached hydrogens (tertiary/aromatic N) is 2. The Kier molecular flexibility index (Phi) is 7.99. The van der Waals surface area contributed by atoms with Gasteiger partial charge in [-0.25, -0.2) is 8.42 Å². The molecule has 41 heavy (non-hydrogen) atoms. The molecule has 0 spiro atoms. The van der Waals surface area contributed by atoms with Crippen molar-refractivity contribution in [3.05, 3.63) is 105 Å². The number of nitrogens with one attached hydrogen (secondary N) is 1. The second-order valence-corrected chi connectivity index (χ2v) is 11.9. The van der Waals surface area contributed by atoms with E-state index in [1.54, 1.807) is 18.7 Å². The van der Waals surface area contributed by atoms with E-state index in [1.807, 2.05) is 12.2 Å². The zero-order valence-electron chi connectivity index (χ0n) is 22.7. The molecule has 0 saturated carbocycles. The third-order valence-electron chi connectivity index (χ3n) is 6.94. The van der Waals surface area contributed by atoms with Crippen LogP contribution in [0.4, 0.5) is 13.2 Å². The first-order valence-corrected chi connectivity index (χ1v) is 14.5. The van der Waals surface area contributed by atoms with Crippen LogP contribution in [-0.4, -0.2) is 48.0 Å². The van der Waals surface area contributed by atoms with Gasteiger partial charge in [0.1, 0.15) is 5.56 Å². The predicted molar refractivity (Wildman–Crippen MR) is 147 cm³/mol. The summed E-state index contributed by atoms with van der Waals surface area (Å²) in [7, 11) is -3.42. The quantitative estimate of drug-likeness (QED) is 0.434. The van der Waals surface area contributed by atoms with Crippen LogP contribution in [0.25, 0.3) is 5.69 Å². The van der Waals surface area contributed by atoms with E-state index in [0.29, 0.717) is 5.56 Å². The third kappa shape index (κ3) is 6.12. The summed E-state index contributed by atoms with van der Waals surface area (Å²) in [5.74, 6) is -1.34. The van der Waals surface area contributed by atoms with Crippen molar-refractivity contribution in [1.29, 1.82) is 0 Å². The van der Waals surface area contributed by atoms with Crippen LogP contribution in [0.3, 0.4) is 0 Å². The van der Waals surface area contributed by atoms with Crippen LogP contribution in [0.1, 0.15) is 51.4 Å². The van der Waals surface area contributed by atoms with Gasteiger partial charge in [-0.15, -0.1) is 0 Å². The minimum Gasteiger partial charge on any atom is -0.348 e. The average Bonchev–Trinajstić information content (AvgIpc) is 3.24. The minimum absolute atomic E-state index is 0.00735. The maximum absolute atomic E-state index is 13.7. The Bertz CT molecular complexity index is 1700. The molecule has 2 atom stereocenters. The first-order valence-electron chi connectivity index (χ1n) is 12.6. The highest BCUT2D eigenvalue weighted by molar-refractivity contribution is 7.90. The van der Waals surface area contributed by atoms with Gasteiger partial charge in [-0.1, -0.05) is 30.4 Å². The molecule has 2 unspecified atom stereocenters. The average molecular weight is 588 g/mol. The molecular formula is C29H28F3N3O5S. The van der Waals surface area contributed by atoms with E-state index in [1.165, 1.54) is 43.3 Å². The van der Waals surface area contributed by atoms with Crippen molar-refractivity contribution in [2.24, 2.45) is 0 Å². The summed E-state index contributed by atoms with van der Waals surface area (Å²) in [6, 6.07) is 10.5. The number of carbonyl (C=O) groups excluding carboxylic acids is 2. The molecule has 0 bridgehead atoms. The van der Waals surface area contributed by atoms with Crippen molar-refractivity contribution in [3.63, 3.8) is 0 Å². The molecular weight excluding hydrogens is 559 g/mol. The normalized spacial score (nSPS) is 17.1. The molecule has 1 aliphatic rings. The molecule has 1 N–H and O–H groups in total. The molecule has 0 aliphatic carbocycles. The van der Waals surface area contributed by atoms with E-state index >= 15 is 0 Å². The van der Waals surface area contributed by atoms with E-state index in [-0.39, 0.29) is 40.5 Å². The zero-order chi connectivity index (χ0) is 30.3. The van der Waals surface area contributed by atoms with E-state index < -0.39 is 44.5 Å². The fourth-order valence-corrected chi connectivity index (χ4v) is 5.36. The molecule has 216 valence electrons. The predicted octanol–water partition coefficient (Wildman–Crippen LogP) is 4.29. The molecule has 2 aromatic carbocycles. The van der Waals surface area contributed by atoms with Crippen LogP contribution < -0.4 is 10.9 Å². The number of hydrogen-bond acceptors (Lipinski definition) is 5. The van der Waals surface area contributed by atoms with E-state index in [4.69, 9.17) is 0 Å². The van der Waals surface area contributed by atoms with E-state index in [9.17, 15) is 36.0 Å². The van der Waals surface area contributed by atoms with Gasteiger partial charge in [-0.3, -0.25) is 19.0 Å². The smallest absolute Gasteiger partial charge is 0.348 e. The minimum atomic E-state index is -4.68. The fourth-order valence-electron chi connectivity index (χ4n) is 4.73. The van der Waals surface area contributed by atoms with Crippen LogP contribution in [0.5, 0.6) is 0 Å². The summed E-state index contributed by atoms with van der Waals surface area (Å²) in [4.78, 5) is 42.2. The molecule has 1 aromatic heterocycles. The van der Waals surface area contributed by atoms with Gasteiger partial charge >= 0.3 is 6.18 Å². The van der Waals surface area contributed by atoms with Crippen molar-refractivity contribution in [2.75, 3.05) is 6.26 Å². The highest BCUT2D eigenvalue weighted by Gasteiger charge is 2.33. The number of sulfone groups is 1. The number of amides is 2. The van der Waals surface area contributed by atoms with E-state index in [2.05, 4.69) is 5.32 Å². The molecule has 3 aromatic rings. The Hall–Kier alpha value is -4.19. The van der Waals surface area contributed by atoms with Gasteiger partial charge in [0.15, 0.2) is 9.84 Å². The van der Waals surface area contributed by atoms with Gasteiger partial charge in [0, 0.05) is 36.3 Å². The largest absolute Gasteiger partial charge is 0.416 e. The monoisotopic (exact) mass is 587 g/mol. The third-order valence-corrected chi connectivity index (χ3v) is 8.07. The lowest BCUT2D eigenvalue weighted by molar-refractivity contribution is -0.137. The SMILES string of the molecule is Cc1c(C(=O)N2C(C)C=CC2C)cc(C(=O)NCc2ccc(S(C)(=O)=O)cc2)c(=O)n1-c1cccc(C(F)(F)F)c1. The van der Waals surface area contributed by atoms with Crippen LogP contribution in [0, 0.1) is 6.92 Å². The molecule has 0 saturated heterocycles. The molecule has 2 amide bonds. The standard InChI is InChI=1S/C29H28F3N3O5S/c1-17-8-9-18(2)34(17)27(37)24-15-25(26(36)33-16-20-10-12-23(13-11-20)41(4,39)40)28(38)35(19(24)3)22-7-5-6-21(14-22)29(30,31)32/h5-15,17-18H,16H2,1-4H3,(H,33,36). The first kappa shape index (κ1) is 29.8. The summed E-state index contributed by atoms with van der Waals surface area (Å²) in [6.07, 6.45) is 0.0574. The summed E-state index contributed by atoms with van der Waals surface area (Å²) < 4.78 is 64.8. The van der Waals surface area contributed by atoms with Gasteiger partial charge in [0.2, 0.25) is 0 Å². The van der Waals surface area contributed by atoms with Crippen molar-refractivity contribution in [1.82, 2.24) is 14.8 Å². The summed E-state index contributed by atoms with van der Waals surface area (Å²) in [6.45, 7) is 4.98. The topological polar surface area (TPSA) is 106 Å². The molecule has 1 aliphatic heterocycles. The van der Waals surface area contributed by atoms with Crippen LogP contribution in [0.15, 0.2) is 76.4 Å². The molecule has 8 nitrogen and oxygen atoms in total. The Morgan fingerprint density at radius 3 is 2.12 bits per heavy atom. The zero-order valence-corrected chi connectivity index (χ0v) is 23.5. The highest BCUT2D eigenvalue weighted by atomic mass is 32.2. The van der Waals surface area contributed by atoms with Crippen LogP contribution in [-0.2, 0) is 22.6 Å². The Balaban J connectivity index is 1.79. The number of hydrogen-bond donors (Lipinski definition) is 1. The molecule has 4 rings (SSSR count). The number of carbonyl (C=O) groups is 2. The summed E-state index contributed by atoms with van der Waals surface area (Å²) in [5.41, 5.74) is -1.86. The van der Waals surface area contributed by atoms with Gasteiger partial charge < -0.3 is 10.2 Å². The second kappa shape index (κ2) is 11.0. The Labute approximate surface area is 235 Å². The molecule has 2 heterocycles. The Morgan fingerprint density at radius 1 is 0.951 bits per heavy atom. The van der Waals surface area contributed by atoms with Crippen molar-refractivity contribution >= 4 is 21.7 Å². The number of aromatic nitrogens is 1. The highest BCUT2D eigenvalue weighted by Crippen LogP contribution is 2.31. The lowest BCUT2D eigenvalue weighted by atomic mass is 10.1. The number of benzene rings is 2. The van der Waals surface area contributed by atoms with E-state index in [0.717, 1.165) is 29.0 Å². The van der Waals surface area contributed by atoms with Gasteiger partial charge in [0.05, 0.1) is 16.0 Å². The van der Waals surface area contributed by atoms with Gasteiger partial charge in [-0.05, 0) is 62.7 Å². The molecule has 12 heteroatoms.